The van der Waals surface area contributed by atoms with Crippen LogP contribution in [0.3, 0.4) is 0 Å². The number of nitrogens with one attached hydrogen (secondary N) is 2. The second-order valence-electron chi connectivity index (χ2n) is 20.7. The van der Waals surface area contributed by atoms with Crippen molar-refractivity contribution in [1.29, 1.82) is 0 Å². The first-order valence-electron chi connectivity index (χ1n) is 27.2. The predicted molar refractivity (Wildman–Crippen MR) is 295 cm³/mol. The van der Waals surface area contributed by atoms with Crippen molar-refractivity contribution < 1.29 is 33.4 Å². The van der Waals surface area contributed by atoms with Crippen LogP contribution in [0.15, 0.2) is 112 Å². The molecule has 4 saturated heterocycles. The van der Waals surface area contributed by atoms with Crippen LogP contribution >= 0.6 is 0 Å². The lowest BCUT2D eigenvalue weighted by Gasteiger charge is -2.56. The molecule has 2 aromatic carbocycles. The maximum absolute atomic E-state index is 13.2. The Bertz CT molecular complexity index is 2840. The van der Waals surface area contributed by atoms with E-state index in [-0.39, 0.29) is 46.9 Å². The molecule has 9 N–H and O–H groups in total. The van der Waals surface area contributed by atoms with Crippen LogP contribution in [0.4, 0.5) is 5.69 Å². The number of pyridine rings is 1. The predicted octanol–water partition coefficient (Wildman–Crippen LogP) is 5.47. The molecule has 7 heterocycles. The number of aromatic amines is 1. The van der Waals surface area contributed by atoms with Gasteiger partial charge in [-0.25, -0.2) is 4.98 Å². The molecule has 5 aliphatic rings. The van der Waals surface area contributed by atoms with Crippen molar-refractivity contribution >= 4 is 23.2 Å². The number of aryl methyl sites for hydroxylation is 1. The SMILES string of the molecule is CCC.Cc1nccn1-c1ccc(C(C)NC(=O)C2CCCN2C(=O)Cc2cc(OCCN3CCC(OC4CCC4)CC3)no2)cc1.NC(N)=C(/C=C(\N)c1ccccc1O)N1CCN(c2cc[nH]c(=O)c2)C2(COC2)C1. The molecular formula is C57H78N12O8. The Morgan fingerprint density at radius 2 is 1.68 bits per heavy atom. The number of hydrogen-bond acceptors (Lipinski definition) is 16. The zero-order chi connectivity index (χ0) is 54.5. The maximum Gasteiger partial charge on any atom is 0.254 e. The summed E-state index contributed by atoms with van der Waals surface area (Å²) in [6.07, 6.45) is 16.5. The number of nitrogens with zero attached hydrogens (tertiary/aromatic N) is 7. The van der Waals surface area contributed by atoms with Crippen molar-refractivity contribution in [2.75, 3.05) is 70.5 Å². The molecule has 4 aliphatic heterocycles. The van der Waals surface area contributed by atoms with Gasteiger partial charge in [0.25, 0.3) is 5.88 Å². The first kappa shape index (κ1) is 55.9. The number of piperidine rings is 1. The molecule has 10 rings (SSSR count). The van der Waals surface area contributed by atoms with Gasteiger partial charge in [-0.15, -0.1) is 0 Å². The van der Waals surface area contributed by atoms with E-state index in [9.17, 15) is 19.5 Å². The molecule has 1 saturated carbocycles. The molecule has 5 fully saturated rings. The zero-order valence-corrected chi connectivity index (χ0v) is 45.1. The summed E-state index contributed by atoms with van der Waals surface area (Å²) in [6, 6.07) is 19.4. The fourth-order valence-electron chi connectivity index (χ4n) is 10.4. The number of para-hydroxylation sites is 1. The zero-order valence-electron chi connectivity index (χ0n) is 45.1. The van der Waals surface area contributed by atoms with Gasteiger partial charge >= 0.3 is 0 Å². The number of hydrogen-bond donors (Lipinski definition) is 6. The Hall–Kier alpha value is -7.29. The molecule has 0 bridgehead atoms. The summed E-state index contributed by atoms with van der Waals surface area (Å²) < 4.78 is 24.9. The number of carbonyl (C=O) groups excluding carboxylic acids is 2. The van der Waals surface area contributed by atoms with Gasteiger partial charge in [0.1, 0.15) is 41.3 Å². The normalized spacial score (nSPS) is 19.0. The monoisotopic (exact) mass is 1060 g/mol. The van der Waals surface area contributed by atoms with Gasteiger partial charge in [-0.2, -0.15) is 0 Å². The third-order valence-corrected chi connectivity index (χ3v) is 14.8. The van der Waals surface area contributed by atoms with Crippen molar-refractivity contribution in [3.8, 4) is 17.3 Å². The van der Waals surface area contributed by atoms with Crippen molar-refractivity contribution in [2.24, 2.45) is 17.2 Å². The minimum Gasteiger partial charge on any atom is -0.507 e. The number of likely N-dealkylation sites (tertiary alicyclic amines) is 2. The number of piperazine rings is 1. The number of anilines is 1. The largest absolute Gasteiger partial charge is 0.507 e. The van der Waals surface area contributed by atoms with Gasteiger partial charge in [0.15, 0.2) is 0 Å². The van der Waals surface area contributed by atoms with Gasteiger partial charge in [-0.05, 0) is 106 Å². The quantitative estimate of drug-likeness (QED) is 0.0670. The number of phenolic OH excluding ortho intramolecular Hbond substituents is 1. The molecule has 5 aromatic rings. The van der Waals surface area contributed by atoms with Gasteiger partial charge < -0.3 is 70.6 Å². The number of ether oxygens (including phenoxy) is 3. The molecule has 77 heavy (non-hydrogen) atoms. The second kappa shape index (κ2) is 26.2. The van der Waals surface area contributed by atoms with E-state index < -0.39 is 6.04 Å². The fraction of sp³-hybridized carbons (Fsp3) is 0.491. The minimum absolute atomic E-state index is 0.0410. The fourth-order valence-corrected chi connectivity index (χ4v) is 10.4. The summed E-state index contributed by atoms with van der Waals surface area (Å²) in [5.41, 5.74) is 22.2. The highest BCUT2D eigenvalue weighted by molar-refractivity contribution is 5.89. The smallest absolute Gasteiger partial charge is 0.254 e. The number of imidazole rings is 1. The van der Waals surface area contributed by atoms with Gasteiger partial charge in [-0.1, -0.05) is 44.5 Å². The summed E-state index contributed by atoms with van der Waals surface area (Å²) in [7, 11) is 0. The Kier molecular flexibility index (Phi) is 19.0. The molecular weight excluding hydrogens is 981 g/mol. The lowest BCUT2D eigenvalue weighted by atomic mass is 9.90. The highest BCUT2D eigenvalue weighted by Crippen LogP contribution is 2.36. The van der Waals surface area contributed by atoms with E-state index in [0.29, 0.717) is 93.2 Å². The van der Waals surface area contributed by atoms with E-state index in [1.807, 2.05) is 54.9 Å². The highest BCUT2D eigenvalue weighted by Gasteiger charge is 2.48. The molecule has 20 nitrogen and oxygen atoms in total. The van der Waals surface area contributed by atoms with Crippen LogP contribution < -0.4 is 37.7 Å². The summed E-state index contributed by atoms with van der Waals surface area (Å²) in [6.45, 7) is 15.0. The maximum atomic E-state index is 13.2. The molecule has 2 unspecified atom stereocenters. The average Bonchev–Trinajstić information content (AvgIpc) is 4.20. The van der Waals surface area contributed by atoms with E-state index >= 15 is 0 Å². The summed E-state index contributed by atoms with van der Waals surface area (Å²) in [4.78, 5) is 53.5. The second-order valence-corrected chi connectivity index (χ2v) is 20.7. The average molecular weight is 1060 g/mol. The number of allylic oxidation sites excluding steroid dienone is 1. The van der Waals surface area contributed by atoms with Crippen molar-refractivity contribution in [1.82, 2.24) is 39.7 Å². The van der Waals surface area contributed by atoms with Crippen LogP contribution in [0.25, 0.3) is 11.4 Å². The van der Waals surface area contributed by atoms with E-state index in [1.165, 1.54) is 25.7 Å². The molecule has 20 heteroatoms. The van der Waals surface area contributed by atoms with E-state index in [1.54, 1.807) is 59.8 Å². The Labute approximate surface area is 451 Å². The molecule has 0 radical (unpaired) electrons. The first-order chi connectivity index (χ1) is 37.2. The summed E-state index contributed by atoms with van der Waals surface area (Å²) in [5.74, 6) is 1.68. The van der Waals surface area contributed by atoms with Crippen LogP contribution in [0.2, 0.25) is 0 Å². The number of nitrogens with two attached hydrogens (primary N) is 3. The summed E-state index contributed by atoms with van der Waals surface area (Å²) >= 11 is 0. The van der Waals surface area contributed by atoms with Crippen LogP contribution in [-0.4, -0.2) is 141 Å². The third-order valence-electron chi connectivity index (χ3n) is 14.8. The molecule has 2 amide bonds. The van der Waals surface area contributed by atoms with E-state index in [0.717, 1.165) is 61.7 Å². The van der Waals surface area contributed by atoms with Gasteiger partial charge in [0.05, 0.1) is 43.6 Å². The number of benzene rings is 2. The number of carbonyl (C=O) groups is 2. The van der Waals surface area contributed by atoms with Gasteiger partial charge in [0.2, 0.25) is 17.4 Å². The number of phenols is 1. The topological polar surface area (TPSA) is 262 Å². The third kappa shape index (κ3) is 14.2. The number of H-pyrrole nitrogens is 1. The van der Waals surface area contributed by atoms with Gasteiger partial charge in [0, 0.05) is 99.2 Å². The van der Waals surface area contributed by atoms with Crippen LogP contribution in [0.5, 0.6) is 11.6 Å². The highest BCUT2D eigenvalue weighted by atomic mass is 16.5. The van der Waals surface area contributed by atoms with Crippen LogP contribution in [-0.2, 0) is 25.5 Å². The van der Waals surface area contributed by atoms with E-state index in [2.05, 4.69) is 49.0 Å². The number of aromatic nitrogens is 4. The number of rotatable bonds is 16. The first-order valence-corrected chi connectivity index (χ1v) is 27.2. The molecule has 3 aromatic heterocycles. The standard InChI is InChI=1S/C33H44N6O5.C21H26N6O3.C3H8/c1-23(25-8-10-26(11-9-25)38-18-14-34-24(38)2)35-33(41)30-7-4-15-39(30)32(40)22-29-21-31(36-44-29)42-20-19-37-16-12-28(13-17-37)43-27-5-3-6-27;22-16(15-3-1-2-4-18(15)28)10-17(20(23)24)26-7-8-27(21(11-26)12-30-13-21)14-5-6-25-19(29)9-14;1-3-2/h8-11,14,18,21,23,27-28,30H,3-7,12-13,15-17,19-20,22H2,1-2H3,(H,35,41);1-6,9-10,28H,7-8,11-13,22-24H2,(H,25,29);3H2,1-2H3/b;16-10-;. The lowest BCUT2D eigenvalue weighted by Crippen LogP contribution is -2.71. The van der Waals surface area contributed by atoms with Crippen molar-refractivity contribution in [2.45, 2.75) is 115 Å². The van der Waals surface area contributed by atoms with Crippen LogP contribution in [0, 0.1) is 6.92 Å². The molecule has 414 valence electrons. The Morgan fingerprint density at radius 3 is 2.32 bits per heavy atom. The molecule has 1 aliphatic carbocycles. The Balaban J connectivity index is 0.000000207. The minimum atomic E-state index is -0.500. The van der Waals surface area contributed by atoms with E-state index in [4.69, 9.17) is 35.9 Å². The number of aromatic hydroxyl groups is 1. The van der Waals surface area contributed by atoms with Crippen molar-refractivity contribution in [3.05, 3.63) is 136 Å². The number of amides is 2. The van der Waals surface area contributed by atoms with Gasteiger partial charge in [-0.3, -0.25) is 19.3 Å². The molecule has 1 spiro atoms. The Morgan fingerprint density at radius 1 is 0.935 bits per heavy atom. The molecule has 2 atom stereocenters. The van der Waals surface area contributed by atoms with Crippen molar-refractivity contribution in [3.63, 3.8) is 0 Å². The summed E-state index contributed by atoms with van der Waals surface area (Å²) in [5, 5.41) is 17.2. The lowest BCUT2D eigenvalue weighted by molar-refractivity contribution is -0.138. The van der Waals surface area contributed by atoms with Crippen LogP contribution in [0.1, 0.15) is 101 Å².